The second-order valence-corrected chi connectivity index (χ2v) is 8.07. The molecule has 0 fully saturated rings. The van der Waals surface area contributed by atoms with E-state index in [1.165, 1.54) is 5.56 Å². The predicted octanol–water partition coefficient (Wildman–Crippen LogP) is 0.911. The van der Waals surface area contributed by atoms with Crippen molar-refractivity contribution in [3.05, 3.63) is 71.8 Å². The maximum absolute atomic E-state index is 10.9. The molecule has 2 aromatic carbocycles. The number of aliphatic hydroxyl groups is 6. The molecule has 0 heterocycles. The fraction of sp³-hybridized carbons (Fsp3) is 0.500. The Morgan fingerprint density at radius 1 is 0.667 bits per heavy atom. The minimum Gasteiger partial charge on any atom is -0.394 e. The minimum atomic E-state index is -1.79. The van der Waals surface area contributed by atoms with Crippen molar-refractivity contribution < 1.29 is 30.6 Å². The van der Waals surface area contributed by atoms with Crippen LogP contribution in [0.15, 0.2) is 60.7 Å². The Labute approximate surface area is 178 Å². The zero-order valence-corrected chi connectivity index (χ0v) is 17.3. The summed E-state index contributed by atoms with van der Waals surface area (Å²) in [7, 11) is 0. The van der Waals surface area contributed by atoms with E-state index in [0.29, 0.717) is 6.42 Å². The highest BCUT2D eigenvalue weighted by atomic mass is 16.4. The van der Waals surface area contributed by atoms with Gasteiger partial charge < -0.3 is 30.6 Å². The largest absolute Gasteiger partial charge is 0.394 e. The molecule has 0 aliphatic heterocycles. The summed E-state index contributed by atoms with van der Waals surface area (Å²) < 4.78 is 0. The third-order valence-electron chi connectivity index (χ3n) is 5.85. The lowest BCUT2D eigenvalue weighted by atomic mass is 9.77. The Morgan fingerprint density at radius 2 is 1.17 bits per heavy atom. The fourth-order valence-electron chi connectivity index (χ4n) is 3.79. The lowest BCUT2D eigenvalue weighted by molar-refractivity contribution is -0.152. The molecule has 0 spiro atoms. The van der Waals surface area contributed by atoms with Crippen LogP contribution in [0, 0.1) is 11.8 Å². The predicted molar refractivity (Wildman–Crippen MR) is 115 cm³/mol. The van der Waals surface area contributed by atoms with Crippen LogP contribution in [0.3, 0.4) is 0 Å². The molecule has 0 aliphatic rings. The monoisotopic (exact) mass is 418 g/mol. The second-order valence-electron chi connectivity index (χ2n) is 8.07. The zero-order chi connectivity index (χ0) is 22.1. The summed E-state index contributed by atoms with van der Waals surface area (Å²) in [6, 6.07) is 19.6. The molecule has 7 atom stereocenters. The fourth-order valence-corrected chi connectivity index (χ4v) is 3.79. The molecule has 0 saturated carbocycles. The summed E-state index contributed by atoms with van der Waals surface area (Å²) in [6.45, 7) is 1.24. The first kappa shape index (κ1) is 24.5. The molecule has 0 radical (unpaired) electrons. The van der Waals surface area contributed by atoms with Gasteiger partial charge >= 0.3 is 0 Å². The van der Waals surface area contributed by atoms with E-state index in [9.17, 15) is 25.5 Å². The van der Waals surface area contributed by atoms with Crippen LogP contribution in [-0.4, -0.2) is 67.8 Å². The van der Waals surface area contributed by atoms with Crippen molar-refractivity contribution in [1.29, 1.82) is 0 Å². The van der Waals surface area contributed by atoms with Crippen LogP contribution >= 0.6 is 0 Å². The van der Waals surface area contributed by atoms with E-state index >= 15 is 0 Å². The minimum absolute atomic E-state index is 0.00201. The number of aryl methyl sites for hydroxylation is 1. The summed E-state index contributed by atoms with van der Waals surface area (Å²) in [5.41, 5.74) is 2.17. The van der Waals surface area contributed by atoms with Crippen LogP contribution in [0.1, 0.15) is 24.5 Å². The van der Waals surface area contributed by atoms with Crippen LogP contribution in [0.2, 0.25) is 0 Å². The number of benzene rings is 2. The third kappa shape index (κ3) is 6.87. The average molecular weight is 419 g/mol. The van der Waals surface area contributed by atoms with Gasteiger partial charge in [-0.05, 0) is 42.2 Å². The highest BCUT2D eigenvalue weighted by Crippen LogP contribution is 2.28. The normalized spacial score (nSPS) is 18.8. The van der Waals surface area contributed by atoms with Crippen molar-refractivity contribution in [3.8, 4) is 0 Å². The summed E-state index contributed by atoms with van der Waals surface area (Å²) in [4.78, 5) is 0. The Bertz CT molecular complexity index is 710. The molecule has 6 N–H and O–H groups in total. The molecule has 2 aromatic rings. The molecule has 0 aliphatic carbocycles. The number of aliphatic hydroxyl groups excluding tert-OH is 6. The van der Waals surface area contributed by atoms with E-state index in [-0.39, 0.29) is 11.8 Å². The van der Waals surface area contributed by atoms with E-state index in [1.54, 1.807) is 0 Å². The van der Waals surface area contributed by atoms with Gasteiger partial charge in [0, 0.05) is 0 Å². The van der Waals surface area contributed by atoms with E-state index in [2.05, 4.69) is 0 Å². The van der Waals surface area contributed by atoms with Crippen LogP contribution in [0.4, 0.5) is 0 Å². The van der Waals surface area contributed by atoms with Gasteiger partial charge in [0.25, 0.3) is 0 Å². The standard InChI is InChI=1S/C24H34O6/c1-16(12-13-17-8-4-2-5-9-17)19(14-18-10-6-3-7-11-18)21(27)23(29)24(30)22(28)20(26)15-25/h2-11,16,19-30H,12-15H2,1H3/t16?,19?,20-,21?,22+,23+,24-/m0/s1. The molecule has 6 nitrogen and oxygen atoms in total. The SMILES string of the molecule is CC(CCc1ccccc1)C(Cc1ccccc1)C(O)[C@@H](O)[C@@H](O)[C@H](O)[C@@H](O)CO. The Kier molecular flexibility index (Phi) is 9.91. The molecule has 30 heavy (non-hydrogen) atoms. The van der Waals surface area contributed by atoms with E-state index < -0.39 is 37.1 Å². The summed E-state index contributed by atoms with van der Waals surface area (Å²) in [5, 5.41) is 60.2. The van der Waals surface area contributed by atoms with E-state index in [0.717, 1.165) is 18.4 Å². The highest BCUT2D eigenvalue weighted by molar-refractivity contribution is 5.17. The third-order valence-corrected chi connectivity index (χ3v) is 5.85. The van der Waals surface area contributed by atoms with Crippen molar-refractivity contribution in [3.63, 3.8) is 0 Å². The van der Waals surface area contributed by atoms with Gasteiger partial charge in [-0.1, -0.05) is 67.6 Å². The molecule has 0 aromatic heterocycles. The van der Waals surface area contributed by atoms with Crippen molar-refractivity contribution in [2.75, 3.05) is 6.61 Å². The Balaban J connectivity index is 2.14. The Morgan fingerprint density at radius 3 is 1.70 bits per heavy atom. The van der Waals surface area contributed by atoms with Gasteiger partial charge in [0.1, 0.15) is 24.4 Å². The van der Waals surface area contributed by atoms with Gasteiger partial charge in [0.05, 0.1) is 12.7 Å². The van der Waals surface area contributed by atoms with Crippen LogP contribution < -0.4 is 0 Å². The summed E-state index contributed by atoms with van der Waals surface area (Å²) >= 11 is 0. The number of hydrogen-bond donors (Lipinski definition) is 6. The quantitative estimate of drug-likeness (QED) is 0.305. The molecule has 0 bridgehead atoms. The highest BCUT2D eigenvalue weighted by Gasteiger charge is 2.38. The first-order valence-corrected chi connectivity index (χ1v) is 10.4. The lowest BCUT2D eigenvalue weighted by Gasteiger charge is -2.35. The van der Waals surface area contributed by atoms with Gasteiger partial charge in [-0.2, -0.15) is 0 Å². The maximum atomic E-state index is 10.9. The molecular formula is C24H34O6. The van der Waals surface area contributed by atoms with Crippen LogP contribution in [0.5, 0.6) is 0 Å². The van der Waals surface area contributed by atoms with Crippen LogP contribution in [0.25, 0.3) is 0 Å². The van der Waals surface area contributed by atoms with Gasteiger partial charge in [-0.3, -0.25) is 0 Å². The number of rotatable bonds is 12. The first-order chi connectivity index (χ1) is 14.3. The van der Waals surface area contributed by atoms with Gasteiger partial charge in [-0.15, -0.1) is 0 Å². The van der Waals surface area contributed by atoms with Crippen molar-refractivity contribution in [2.24, 2.45) is 11.8 Å². The summed E-state index contributed by atoms with van der Waals surface area (Å²) in [6.07, 6.45) is -6.10. The average Bonchev–Trinajstić information content (AvgIpc) is 2.79. The van der Waals surface area contributed by atoms with Crippen LogP contribution in [-0.2, 0) is 12.8 Å². The van der Waals surface area contributed by atoms with Crippen molar-refractivity contribution in [1.82, 2.24) is 0 Å². The van der Waals surface area contributed by atoms with Crippen molar-refractivity contribution in [2.45, 2.75) is 56.7 Å². The van der Waals surface area contributed by atoms with Gasteiger partial charge in [-0.25, -0.2) is 0 Å². The van der Waals surface area contributed by atoms with Gasteiger partial charge in [0.15, 0.2) is 0 Å². The smallest absolute Gasteiger partial charge is 0.111 e. The maximum Gasteiger partial charge on any atom is 0.111 e. The summed E-state index contributed by atoms with van der Waals surface area (Å²) in [5.74, 6) is -0.388. The molecule has 6 heteroatoms. The number of hydrogen-bond acceptors (Lipinski definition) is 6. The second kappa shape index (κ2) is 12.2. The Hall–Kier alpha value is -1.80. The first-order valence-electron chi connectivity index (χ1n) is 10.4. The zero-order valence-electron chi connectivity index (χ0n) is 17.3. The van der Waals surface area contributed by atoms with Gasteiger partial charge in [0.2, 0.25) is 0 Å². The molecule has 2 rings (SSSR count). The molecular weight excluding hydrogens is 384 g/mol. The topological polar surface area (TPSA) is 121 Å². The molecule has 0 amide bonds. The molecule has 3 unspecified atom stereocenters. The van der Waals surface area contributed by atoms with E-state index in [4.69, 9.17) is 5.11 Å². The molecule has 166 valence electrons. The van der Waals surface area contributed by atoms with E-state index in [1.807, 2.05) is 67.6 Å². The lowest BCUT2D eigenvalue weighted by Crippen LogP contribution is -2.52. The molecule has 0 saturated heterocycles. The van der Waals surface area contributed by atoms with Crippen molar-refractivity contribution >= 4 is 0 Å².